The number of nitrogens with zero attached hydrogens (tertiary/aromatic N) is 6. The number of rotatable bonds is 18. The van der Waals surface area contributed by atoms with E-state index in [1.807, 2.05) is 0 Å². The third kappa shape index (κ3) is 14.2. The lowest BCUT2D eigenvalue weighted by Crippen LogP contribution is -2.43. The molecule has 0 radical (unpaired) electrons. The predicted molar refractivity (Wildman–Crippen MR) is 239 cm³/mol. The van der Waals surface area contributed by atoms with Crippen LogP contribution in [0.3, 0.4) is 0 Å². The molecular formula is C36H39F3N6O28P4. The first kappa shape index (κ1) is 59.1. The Morgan fingerprint density at radius 1 is 0.636 bits per heavy atom. The zero-order chi connectivity index (χ0) is 56.7. The highest BCUT2D eigenvalue weighted by atomic mass is 31.3. The molecule has 2 aromatic carbocycles. The number of phosphoric ester groups is 2. The lowest BCUT2D eigenvalue weighted by molar-refractivity contribution is -0.274. The standard InChI is InChI=1S/C18H18F3N3O14P2.C18H21N3O14P2/c19-18(20,21)36-8-1-2-9-10(22-37-11(9)5-8)6-24-13(25)3-4-23(17(24)28)16-15(27)14(26)12(35-16)7-34-40(32,33)38-39(29,30)31;1-31-11-4-2-3-9-10(19-34-16(9)11)7-21-13(22)5-6-20(18(21)25)17-15(24)14(23)12(33-17)8-32-37(29,30)35-36(26,27)28/h1-5,12,14-16,26-27H,6-7H2,(H,32,33)(H2,29,30,31);2-6,12,14-15,17,23-24H,7-8H2,1H3,(H,29,30)(H2,26,27,28)/t12-,14+,15?,16-;12-,14+,15?,17-/m11/s1. The second-order valence-electron chi connectivity index (χ2n) is 15.9. The average Bonchev–Trinajstić information content (AvgIpc) is 4.07. The van der Waals surface area contributed by atoms with Crippen molar-refractivity contribution < 1.29 is 127 Å². The molecule has 4 aromatic heterocycles. The molecule has 2 fully saturated rings. The van der Waals surface area contributed by atoms with Gasteiger partial charge in [-0.05, 0) is 24.3 Å². The number of halogens is 3. The summed E-state index contributed by atoms with van der Waals surface area (Å²) in [4.78, 5) is 105. The third-order valence-electron chi connectivity index (χ3n) is 10.8. The predicted octanol–water partition coefficient (Wildman–Crippen LogP) is -1.00. The fourth-order valence-electron chi connectivity index (χ4n) is 7.43. The average molecular weight is 1180 g/mol. The highest BCUT2D eigenvalue weighted by Crippen LogP contribution is 2.58. The number of aromatic nitrogens is 6. The lowest BCUT2D eigenvalue weighted by atomic mass is 10.1. The normalized spacial score (nSPS) is 23.6. The zero-order valence-corrected chi connectivity index (χ0v) is 41.7. The number of aliphatic hydroxyl groups excluding tert-OH is 4. The number of aliphatic hydroxyl groups is 4. The highest BCUT2D eigenvalue weighted by molar-refractivity contribution is 7.61. The van der Waals surface area contributed by atoms with Crippen LogP contribution in [-0.2, 0) is 58.5 Å². The second-order valence-corrected chi connectivity index (χ2v) is 21.6. The molecule has 41 heteroatoms. The maximum absolute atomic E-state index is 13.1. The van der Waals surface area contributed by atoms with Crippen molar-refractivity contribution in [1.29, 1.82) is 0 Å². The maximum atomic E-state index is 13.1. The number of hydrogen-bond donors (Lipinski definition) is 10. The summed E-state index contributed by atoms with van der Waals surface area (Å²) in [5, 5.41) is 49.6. The molecular weight excluding hydrogens is 1150 g/mol. The molecule has 10 atom stereocenters. The molecule has 4 unspecified atom stereocenters. The van der Waals surface area contributed by atoms with Crippen molar-refractivity contribution in [3.8, 4) is 11.5 Å². The van der Waals surface area contributed by atoms with E-state index in [2.05, 4.69) is 32.7 Å². The van der Waals surface area contributed by atoms with Gasteiger partial charge in [0.1, 0.15) is 53.8 Å². The monoisotopic (exact) mass is 1180 g/mol. The van der Waals surface area contributed by atoms with Crippen LogP contribution in [0.25, 0.3) is 21.9 Å². The van der Waals surface area contributed by atoms with E-state index in [4.69, 9.17) is 42.8 Å². The van der Waals surface area contributed by atoms with Crippen molar-refractivity contribution in [2.45, 2.75) is 68.5 Å². The fourth-order valence-corrected chi connectivity index (χ4v) is 10.6. The van der Waals surface area contributed by atoms with Crippen molar-refractivity contribution in [2.75, 3.05) is 20.3 Å². The SMILES string of the molecule is COc1cccc2c(Cn3c(=O)ccn([C@@H]4O[C@H](COP(=O)(O)OP(=O)(O)O)[C@H](O)C4O)c3=O)noc12.O=c1ccn([C@@H]2O[C@H](COP(=O)(O)OP(=O)(O)O)[C@H](O)C2O)c(=O)n1Cc1noc2cc(OC(F)(F)F)ccc12. The minimum Gasteiger partial charge on any atom is -0.493 e. The topological polar surface area (TPSA) is 484 Å². The summed E-state index contributed by atoms with van der Waals surface area (Å²) in [6.45, 7) is -2.86. The molecule has 6 aromatic rings. The van der Waals surface area contributed by atoms with Gasteiger partial charge >= 0.3 is 49.0 Å². The van der Waals surface area contributed by atoms with E-state index in [0.717, 1.165) is 51.9 Å². The molecule has 2 saturated heterocycles. The van der Waals surface area contributed by atoms with Crippen LogP contribution in [0.2, 0.25) is 0 Å². The molecule has 422 valence electrons. The van der Waals surface area contributed by atoms with Crippen molar-refractivity contribution >= 4 is 53.2 Å². The Kier molecular flexibility index (Phi) is 17.4. The van der Waals surface area contributed by atoms with Gasteiger partial charge in [-0.1, -0.05) is 16.4 Å². The van der Waals surface area contributed by atoms with Gasteiger partial charge < -0.3 is 77.8 Å². The van der Waals surface area contributed by atoms with E-state index in [1.54, 1.807) is 18.2 Å². The Hall–Kier alpha value is -5.59. The summed E-state index contributed by atoms with van der Waals surface area (Å²) in [7, 11) is -20.0. The quantitative estimate of drug-likeness (QED) is 0.0461. The molecule has 6 heterocycles. The number of hydrogen-bond acceptors (Lipinski definition) is 24. The summed E-state index contributed by atoms with van der Waals surface area (Å²) in [5.74, 6) is -0.213. The maximum Gasteiger partial charge on any atom is 0.573 e. The fraction of sp³-hybridized carbons (Fsp3) is 0.389. The van der Waals surface area contributed by atoms with E-state index in [0.29, 0.717) is 25.9 Å². The summed E-state index contributed by atoms with van der Waals surface area (Å²) >= 11 is 0. The first-order valence-corrected chi connectivity index (χ1v) is 27.0. The van der Waals surface area contributed by atoms with Crippen LogP contribution in [0, 0.1) is 0 Å². The van der Waals surface area contributed by atoms with Gasteiger partial charge in [-0.3, -0.25) is 36.9 Å². The van der Waals surface area contributed by atoms with Crippen LogP contribution in [-0.4, -0.2) is 142 Å². The second kappa shape index (κ2) is 22.6. The lowest BCUT2D eigenvalue weighted by Gasteiger charge is -2.19. The minimum atomic E-state index is -5.44. The molecule has 0 spiro atoms. The van der Waals surface area contributed by atoms with Gasteiger partial charge in [0.05, 0.1) is 38.8 Å². The molecule has 0 aliphatic carbocycles. The van der Waals surface area contributed by atoms with Crippen molar-refractivity contribution in [1.82, 2.24) is 28.6 Å². The number of phosphoric acid groups is 4. The van der Waals surface area contributed by atoms with Gasteiger partial charge in [-0.25, -0.2) is 27.8 Å². The number of methoxy groups -OCH3 is 1. The molecule has 8 rings (SSSR count). The van der Waals surface area contributed by atoms with Crippen LogP contribution < -0.4 is 32.0 Å². The van der Waals surface area contributed by atoms with Gasteiger partial charge in [0.15, 0.2) is 23.8 Å². The van der Waals surface area contributed by atoms with Gasteiger partial charge in [-0.2, -0.15) is 8.62 Å². The number of ether oxygens (including phenoxy) is 4. The third-order valence-corrected chi connectivity index (χ3v) is 15.1. The smallest absolute Gasteiger partial charge is 0.493 e. The largest absolute Gasteiger partial charge is 0.573 e. The van der Waals surface area contributed by atoms with E-state index in [-0.39, 0.29) is 28.9 Å². The van der Waals surface area contributed by atoms with E-state index >= 15 is 0 Å². The number of alkyl halides is 3. The van der Waals surface area contributed by atoms with E-state index < -0.39 is 135 Å². The first-order chi connectivity index (χ1) is 35.7. The van der Waals surface area contributed by atoms with Crippen LogP contribution in [0.5, 0.6) is 11.5 Å². The molecule has 77 heavy (non-hydrogen) atoms. The van der Waals surface area contributed by atoms with Crippen LogP contribution in [0.4, 0.5) is 13.2 Å². The molecule has 2 aliphatic rings. The first-order valence-electron chi connectivity index (χ1n) is 21.0. The van der Waals surface area contributed by atoms with Crippen LogP contribution in [0.15, 0.2) is 89.1 Å². The minimum absolute atomic E-state index is 0.0338. The molecule has 10 N–H and O–H groups in total. The Balaban J connectivity index is 0.000000224. The van der Waals surface area contributed by atoms with Gasteiger partial charge in [0.25, 0.3) is 11.1 Å². The van der Waals surface area contributed by atoms with Gasteiger partial charge in [-0.15, -0.1) is 13.2 Å². The van der Waals surface area contributed by atoms with Crippen molar-refractivity contribution in [3.05, 3.63) is 114 Å². The molecule has 0 bridgehead atoms. The number of fused-ring (bicyclic) bond motifs is 2. The number of para-hydroxylation sites is 1. The Morgan fingerprint density at radius 2 is 1.10 bits per heavy atom. The van der Waals surface area contributed by atoms with Crippen LogP contribution in [0.1, 0.15) is 23.8 Å². The van der Waals surface area contributed by atoms with E-state index in [9.17, 15) is 80.8 Å². The summed E-state index contributed by atoms with van der Waals surface area (Å²) in [6, 6.07) is 9.87. The van der Waals surface area contributed by atoms with Crippen LogP contribution >= 0.6 is 31.3 Å². The highest BCUT2D eigenvalue weighted by Gasteiger charge is 2.47. The Bertz CT molecular complexity index is 3590. The Labute approximate surface area is 422 Å². The summed E-state index contributed by atoms with van der Waals surface area (Å²) < 4.78 is 131. The summed E-state index contributed by atoms with van der Waals surface area (Å²) in [5.41, 5.74) is -3.29. The molecule has 0 amide bonds. The molecule has 0 saturated carbocycles. The Morgan fingerprint density at radius 3 is 1.56 bits per heavy atom. The molecule has 2 aliphatic heterocycles. The van der Waals surface area contributed by atoms with Gasteiger partial charge in [0, 0.05) is 36.0 Å². The van der Waals surface area contributed by atoms with Gasteiger partial charge in [0.2, 0.25) is 5.58 Å². The van der Waals surface area contributed by atoms with Crippen molar-refractivity contribution in [3.63, 3.8) is 0 Å². The summed E-state index contributed by atoms with van der Waals surface area (Å²) in [6.07, 6.45) is -16.7. The molecule has 34 nitrogen and oxygen atoms in total. The van der Waals surface area contributed by atoms with Crippen molar-refractivity contribution in [2.24, 2.45) is 0 Å². The van der Waals surface area contributed by atoms with E-state index in [1.165, 1.54) is 7.11 Å². The number of benzene rings is 2. The zero-order valence-electron chi connectivity index (χ0n) is 38.1.